The van der Waals surface area contributed by atoms with Gasteiger partial charge in [0.25, 0.3) is 0 Å². The van der Waals surface area contributed by atoms with Crippen molar-refractivity contribution in [2.45, 2.75) is 26.8 Å². The summed E-state index contributed by atoms with van der Waals surface area (Å²) in [6.07, 6.45) is 9.60. The standard InChI is InChI=1S/C27H30N2O2S/c1-6-7-9-14-22(29-32-5)17-28-20(4)23-15-18(2)16-24-25(30)19(3)26(31-27(23)24)21-12-10-8-11-13-21/h6-16,20,28-29H,1,17H2,2-5H3/b9-7-,22-14+. The maximum Gasteiger partial charge on any atom is 0.196 e. The highest BCUT2D eigenvalue weighted by molar-refractivity contribution is 7.96. The molecule has 166 valence electrons. The fourth-order valence-corrected chi connectivity index (χ4v) is 4.04. The van der Waals surface area contributed by atoms with Crippen LogP contribution in [0.2, 0.25) is 0 Å². The van der Waals surface area contributed by atoms with Crippen molar-refractivity contribution in [3.63, 3.8) is 0 Å². The summed E-state index contributed by atoms with van der Waals surface area (Å²) in [5.74, 6) is 0.625. The van der Waals surface area contributed by atoms with Gasteiger partial charge in [0, 0.05) is 41.2 Å². The first-order valence-corrected chi connectivity index (χ1v) is 11.8. The van der Waals surface area contributed by atoms with E-state index in [2.05, 4.69) is 29.6 Å². The van der Waals surface area contributed by atoms with E-state index in [0.717, 1.165) is 22.4 Å². The Bertz CT molecular complexity index is 1210. The molecule has 0 bridgehead atoms. The molecule has 0 spiro atoms. The van der Waals surface area contributed by atoms with E-state index in [1.54, 1.807) is 18.0 Å². The van der Waals surface area contributed by atoms with Gasteiger partial charge in [0.05, 0.1) is 5.39 Å². The van der Waals surface area contributed by atoms with Gasteiger partial charge in [0.15, 0.2) is 5.43 Å². The highest BCUT2D eigenvalue weighted by atomic mass is 32.2. The van der Waals surface area contributed by atoms with Crippen LogP contribution in [0.1, 0.15) is 29.7 Å². The zero-order valence-electron chi connectivity index (χ0n) is 19.1. The molecule has 0 saturated heterocycles. The summed E-state index contributed by atoms with van der Waals surface area (Å²) in [5, 5.41) is 4.18. The molecular weight excluding hydrogens is 416 g/mol. The van der Waals surface area contributed by atoms with Gasteiger partial charge in [-0.05, 0) is 38.5 Å². The maximum absolute atomic E-state index is 13.2. The van der Waals surface area contributed by atoms with Crippen LogP contribution in [0.3, 0.4) is 0 Å². The highest BCUT2D eigenvalue weighted by Gasteiger charge is 2.18. The van der Waals surface area contributed by atoms with Crippen LogP contribution < -0.4 is 15.5 Å². The molecule has 1 atom stereocenters. The summed E-state index contributed by atoms with van der Waals surface area (Å²) in [6.45, 7) is 10.3. The smallest absolute Gasteiger partial charge is 0.196 e. The third kappa shape index (κ3) is 5.42. The first kappa shape index (κ1) is 23.6. The van der Waals surface area contributed by atoms with Crippen LogP contribution in [0.15, 0.2) is 88.3 Å². The Balaban J connectivity index is 2.03. The number of benzene rings is 2. The monoisotopic (exact) mass is 446 g/mol. The molecule has 5 heteroatoms. The van der Waals surface area contributed by atoms with Crippen molar-refractivity contribution in [3.05, 3.63) is 106 Å². The second kappa shape index (κ2) is 11.0. The van der Waals surface area contributed by atoms with Crippen molar-refractivity contribution in [3.8, 4) is 11.3 Å². The molecule has 1 heterocycles. The van der Waals surface area contributed by atoms with Gasteiger partial charge in [-0.1, -0.05) is 73.2 Å². The number of rotatable bonds is 9. The average molecular weight is 447 g/mol. The van der Waals surface area contributed by atoms with Gasteiger partial charge in [-0.3, -0.25) is 4.79 Å². The van der Waals surface area contributed by atoms with Gasteiger partial charge >= 0.3 is 0 Å². The molecule has 1 unspecified atom stereocenters. The summed E-state index contributed by atoms with van der Waals surface area (Å²) in [7, 11) is 0. The third-order valence-corrected chi connectivity index (χ3v) is 5.74. The minimum Gasteiger partial charge on any atom is -0.455 e. The molecule has 32 heavy (non-hydrogen) atoms. The van der Waals surface area contributed by atoms with E-state index in [9.17, 15) is 4.79 Å². The maximum atomic E-state index is 13.2. The first-order valence-electron chi connectivity index (χ1n) is 10.6. The quantitative estimate of drug-likeness (QED) is 0.302. The zero-order chi connectivity index (χ0) is 23.1. The number of nitrogens with one attached hydrogen (secondary N) is 2. The molecule has 0 aliphatic rings. The van der Waals surface area contributed by atoms with Gasteiger partial charge < -0.3 is 14.5 Å². The predicted octanol–water partition coefficient (Wildman–Crippen LogP) is 6.22. The lowest BCUT2D eigenvalue weighted by Crippen LogP contribution is -2.25. The second-order valence-electron chi connectivity index (χ2n) is 7.70. The molecule has 0 radical (unpaired) electrons. The van der Waals surface area contributed by atoms with Crippen LogP contribution >= 0.6 is 11.9 Å². The van der Waals surface area contributed by atoms with Gasteiger partial charge in [0.1, 0.15) is 11.3 Å². The summed E-state index contributed by atoms with van der Waals surface area (Å²) in [4.78, 5) is 13.2. The van der Waals surface area contributed by atoms with Crippen LogP contribution in [0, 0.1) is 13.8 Å². The number of hydrogen-bond donors (Lipinski definition) is 2. The Morgan fingerprint density at radius 2 is 1.94 bits per heavy atom. The topological polar surface area (TPSA) is 54.3 Å². The van der Waals surface area contributed by atoms with Crippen molar-refractivity contribution in [2.24, 2.45) is 0 Å². The van der Waals surface area contributed by atoms with Crippen LogP contribution in [-0.4, -0.2) is 12.8 Å². The third-order valence-electron chi connectivity index (χ3n) is 5.27. The van der Waals surface area contributed by atoms with E-state index in [4.69, 9.17) is 4.42 Å². The molecule has 3 aromatic rings. The Morgan fingerprint density at radius 1 is 1.19 bits per heavy atom. The normalized spacial score (nSPS) is 12.9. The lowest BCUT2D eigenvalue weighted by Gasteiger charge is -2.19. The lowest BCUT2D eigenvalue weighted by molar-refractivity contribution is 0.570. The van der Waals surface area contributed by atoms with E-state index in [1.807, 2.05) is 74.7 Å². The van der Waals surface area contributed by atoms with Crippen molar-refractivity contribution in [1.82, 2.24) is 10.0 Å². The SMILES string of the molecule is C=C/C=C\C=C(/CNC(C)c1cc(C)cc2c(=O)c(C)c(-c3ccccc3)oc12)NSC. The first-order chi connectivity index (χ1) is 15.5. The van der Waals surface area contributed by atoms with Crippen LogP contribution in [0.4, 0.5) is 0 Å². The number of allylic oxidation sites excluding steroid dienone is 4. The van der Waals surface area contributed by atoms with Crippen molar-refractivity contribution in [2.75, 3.05) is 12.8 Å². The fraction of sp³-hybridized carbons (Fsp3) is 0.222. The van der Waals surface area contributed by atoms with Crippen molar-refractivity contribution in [1.29, 1.82) is 0 Å². The fourth-order valence-electron chi connectivity index (χ4n) is 3.64. The summed E-state index contributed by atoms with van der Waals surface area (Å²) >= 11 is 1.55. The van der Waals surface area contributed by atoms with E-state index in [1.165, 1.54) is 0 Å². The second-order valence-corrected chi connectivity index (χ2v) is 8.32. The lowest BCUT2D eigenvalue weighted by atomic mass is 9.99. The van der Waals surface area contributed by atoms with E-state index in [0.29, 0.717) is 28.8 Å². The van der Waals surface area contributed by atoms with Crippen LogP contribution in [-0.2, 0) is 0 Å². The van der Waals surface area contributed by atoms with Crippen LogP contribution in [0.25, 0.3) is 22.3 Å². The molecule has 4 nitrogen and oxygen atoms in total. The Labute approximate surface area is 194 Å². The molecule has 3 rings (SSSR count). The number of aryl methyl sites for hydroxylation is 1. The molecule has 2 N–H and O–H groups in total. The molecule has 0 saturated carbocycles. The Hall–Kier alpha value is -3.02. The van der Waals surface area contributed by atoms with Gasteiger partial charge in [0.2, 0.25) is 0 Å². The molecule has 0 aliphatic carbocycles. The highest BCUT2D eigenvalue weighted by Crippen LogP contribution is 2.30. The Morgan fingerprint density at radius 3 is 2.62 bits per heavy atom. The van der Waals surface area contributed by atoms with Gasteiger partial charge in [-0.25, -0.2) is 0 Å². The number of fused-ring (bicyclic) bond motifs is 1. The zero-order valence-corrected chi connectivity index (χ0v) is 19.9. The molecule has 0 amide bonds. The largest absolute Gasteiger partial charge is 0.455 e. The average Bonchev–Trinajstić information content (AvgIpc) is 2.80. The minimum atomic E-state index is -0.0256. The summed E-state index contributed by atoms with van der Waals surface area (Å²) < 4.78 is 9.70. The Kier molecular flexibility index (Phi) is 8.14. The van der Waals surface area contributed by atoms with Gasteiger partial charge in [-0.15, -0.1) is 0 Å². The van der Waals surface area contributed by atoms with Crippen molar-refractivity contribution >= 4 is 22.9 Å². The summed E-state index contributed by atoms with van der Waals surface area (Å²) in [6, 6.07) is 13.8. The van der Waals surface area contributed by atoms with Gasteiger partial charge in [-0.2, -0.15) is 0 Å². The summed E-state index contributed by atoms with van der Waals surface area (Å²) in [5.41, 5.74) is 5.23. The predicted molar refractivity (Wildman–Crippen MR) is 138 cm³/mol. The van der Waals surface area contributed by atoms with Crippen LogP contribution in [0.5, 0.6) is 0 Å². The van der Waals surface area contributed by atoms with E-state index < -0.39 is 0 Å². The number of hydrogen-bond acceptors (Lipinski definition) is 5. The molecule has 0 fully saturated rings. The molecule has 1 aromatic heterocycles. The molecule has 0 aliphatic heterocycles. The van der Waals surface area contributed by atoms with E-state index in [-0.39, 0.29) is 11.5 Å². The van der Waals surface area contributed by atoms with E-state index >= 15 is 0 Å². The van der Waals surface area contributed by atoms with Crippen molar-refractivity contribution < 1.29 is 4.42 Å². The minimum absolute atomic E-state index is 0.0152. The molecular formula is C27H30N2O2S. The molecule has 2 aromatic carbocycles.